The lowest BCUT2D eigenvalue weighted by Crippen LogP contribution is -2.48. The van der Waals surface area contributed by atoms with Crippen molar-refractivity contribution in [1.82, 2.24) is 10.2 Å². The van der Waals surface area contributed by atoms with E-state index in [2.05, 4.69) is 26.1 Å². The first-order chi connectivity index (χ1) is 9.85. The lowest BCUT2D eigenvalue weighted by Gasteiger charge is -2.32. The molecule has 2 N–H and O–H groups in total. The minimum Gasteiger partial charge on any atom is -0.481 e. The number of unbranched alkanes of at least 4 members (excludes halogenated alkanes) is 2. The second kappa shape index (κ2) is 8.25. The standard InChI is InChI=1S/C16H30N2O3/c1-4-5-6-9-16(2,3)12-17-15(21)18-10-7-8-13(11-18)14(19)20/h13H,4-12H2,1-3H3,(H,17,21)(H,19,20)/t13-/m1/s1. The molecule has 0 saturated carbocycles. The van der Waals surface area contributed by atoms with Crippen molar-refractivity contribution in [3.8, 4) is 0 Å². The number of rotatable bonds is 7. The van der Waals surface area contributed by atoms with Crippen molar-refractivity contribution in [2.75, 3.05) is 19.6 Å². The van der Waals surface area contributed by atoms with Crippen molar-refractivity contribution < 1.29 is 14.7 Å². The van der Waals surface area contributed by atoms with Gasteiger partial charge < -0.3 is 15.3 Å². The van der Waals surface area contributed by atoms with Gasteiger partial charge in [-0.05, 0) is 24.7 Å². The summed E-state index contributed by atoms with van der Waals surface area (Å²) in [5, 5.41) is 12.0. The van der Waals surface area contributed by atoms with Gasteiger partial charge in [0.15, 0.2) is 0 Å². The fourth-order valence-electron chi connectivity index (χ4n) is 2.73. The minimum absolute atomic E-state index is 0.0901. The van der Waals surface area contributed by atoms with Crippen molar-refractivity contribution in [1.29, 1.82) is 0 Å². The topological polar surface area (TPSA) is 69.6 Å². The van der Waals surface area contributed by atoms with Crippen LogP contribution in [0.5, 0.6) is 0 Å². The van der Waals surface area contributed by atoms with E-state index in [0.29, 0.717) is 26.1 Å². The normalized spacial score (nSPS) is 19.4. The Morgan fingerprint density at radius 2 is 2.05 bits per heavy atom. The van der Waals surface area contributed by atoms with Crippen LogP contribution in [0.25, 0.3) is 0 Å². The molecule has 2 amide bonds. The van der Waals surface area contributed by atoms with E-state index in [-0.39, 0.29) is 11.4 Å². The lowest BCUT2D eigenvalue weighted by atomic mass is 9.87. The number of carboxylic acids is 1. The second-order valence-corrected chi connectivity index (χ2v) is 6.90. The molecule has 1 saturated heterocycles. The predicted molar refractivity (Wildman–Crippen MR) is 83.3 cm³/mol. The van der Waals surface area contributed by atoms with Crippen LogP contribution in [-0.2, 0) is 4.79 Å². The quantitative estimate of drug-likeness (QED) is 0.710. The molecule has 0 radical (unpaired) electrons. The molecular weight excluding hydrogens is 268 g/mol. The number of nitrogens with zero attached hydrogens (tertiary/aromatic N) is 1. The number of hydrogen-bond donors (Lipinski definition) is 2. The summed E-state index contributed by atoms with van der Waals surface area (Å²) in [5.74, 6) is -1.21. The number of carboxylic acid groups (broad SMARTS) is 1. The second-order valence-electron chi connectivity index (χ2n) is 6.90. The average Bonchev–Trinajstić information content (AvgIpc) is 2.45. The Bertz CT molecular complexity index is 355. The molecule has 0 unspecified atom stereocenters. The highest BCUT2D eigenvalue weighted by Crippen LogP contribution is 2.23. The summed E-state index contributed by atoms with van der Waals surface area (Å²) in [5.41, 5.74) is 0.0901. The average molecular weight is 298 g/mol. The largest absolute Gasteiger partial charge is 0.481 e. The number of carbonyl (C=O) groups excluding carboxylic acids is 1. The van der Waals surface area contributed by atoms with E-state index < -0.39 is 11.9 Å². The molecule has 21 heavy (non-hydrogen) atoms. The van der Waals surface area contributed by atoms with Crippen molar-refractivity contribution in [3.05, 3.63) is 0 Å². The number of carbonyl (C=O) groups is 2. The highest BCUT2D eigenvalue weighted by atomic mass is 16.4. The van der Waals surface area contributed by atoms with E-state index in [1.807, 2.05) is 0 Å². The Labute approximate surface area is 128 Å². The SMILES string of the molecule is CCCCCC(C)(C)CNC(=O)N1CCC[C@@H](C(=O)O)C1. The first kappa shape index (κ1) is 17.8. The summed E-state index contributed by atoms with van der Waals surface area (Å²) in [6, 6.07) is -0.121. The van der Waals surface area contributed by atoms with Gasteiger partial charge in [0, 0.05) is 19.6 Å². The molecule has 0 spiro atoms. The van der Waals surface area contributed by atoms with Crippen LogP contribution in [0.3, 0.4) is 0 Å². The molecule has 1 rings (SSSR count). The number of hydrogen-bond acceptors (Lipinski definition) is 2. The summed E-state index contributed by atoms with van der Waals surface area (Å²) in [6.07, 6.45) is 6.14. The fraction of sp³-hybridized carbons (Fsp3) is 0.875. The molecule has 0 aromatic carbocycles. The van der Waals surface area contributed by atoms with Gasteiger partial charge >= 0.3 is 12.0 Å². The van der Waals surface area contributed by atoms with Gasteiger partial charge in [-0.1, -0.05) is 40.0 Å². The fourth-order valence-corrected chi connectivity index (χ4v) is 2.73. The van der Waals surface area contributed by atoms with Crippen LogP contribution >= 0.6 is 0 Å². The first-order valence-electron chi connectivity index (χ1n) is 8.11. The molecule has 1 aliphatic heterocycles. The molecule has 0 aromatic heterocycles. The lowest BCUT2D eigenvalue weighted by molar-refractivity contribution is -0.143. The number of urea groups is 1. The van der Waals surface area contributed by atoms with Crippen LogP contribution in [0, 0.1) is 11.3 Å². The van der Waals surface area contributed by atoms with E-state index in [1.54, 1.807) is 4.90 Å². The molecular formula is C16H30N2O3. The molecule has 1 atom stereocenters. The molecule has 0 bridgehead atoms. The zero-order valence-corrected chi connectivity index (χ0v) is 13.7. The zero-order chi connectivity index (χ0) is 15.9. The Balaban J connectivity index is 2.37. The van der Waals surface area contributed by atoms with Crippen LogP contribution in [0.1, 0.15) is 59.3 Å². The maximum absolute atomic E-state index is 12.2. The van der Waals surface area contributed by atoms with Gasteiger partial charge in [-0.3, -0.25) is 4.79 Å². The summed E-state index contributed by atoms with van der Waals surface area (Å²) in [4.78, 5) is 24.8. The van der Waals surface area contributed by atoms with Gasteiger partial charge in [0.05, 0.1) is 5.92 Å². The van der Waals surface area contributed by atoms with Crippen LogP contribution in [0.15, 0.2) is 0 Å². The molecule has 1 heterocycles. The Morgan fingerprint density at radius 3 is 2.67 bits per heavy atom. The van der Waals surface area contributed by atoms with Gasteiger partial charge in [-0.2, -0.15) is 0 Å². The third-order valence-electron chi connectivity index (χ3n) is 4.23. The number of nitrogens with one attached hydrogen (secondary N) is 1. The smallest absolute Gasteiger partial charge is 0.317 e. The van der Waals surface area contributed by atoms with Crippen molar-refractivity contribution in [3.63, 3.8) is 0 Å². The maximum Gasteiger partial charge on any atom is 0.317 e. The van der Waals surface area contributed by atoms with Crippen molar-refractivity contribution in [2.45, 2.75) is 59.3 Å². The first-order valence-corrected chi connectivity index (χ1v) is 8.11. The molecule has 122 valence electrons. The summed E-state index contributed by atoms with van der Waals surface area (Å²) in [7, 11) is 0. The minimum atomic E-state index is -0.799. The van der Waals surface area contributed by atoms with Crippen molar-refractivity contribution in [2.24, 2.45) is 11.3 Å². The number of aliphatic carboxylic acids is 1. The molecule has 5 nitrogen and oxygen atoms in total. The Morgan fingerprint density at radius 1 is 1.33 bits per heavy atom. The van der Waals surface area contributed by atoms with E-state index in [4.69, 9.17) is 5.11 Å². The third kappa shape index (κ3) is 6.36. The van der Waals surface area contributed by atoms with Crippen LogP contribution in [0.4, 0.5) is 4.79 Å². The van der Waals surface area contributed by atoms with Crippen LogP contribution in [0.2, 0.25) is 0 Å². The predicted octanol–water partition coefficient (Wildman–Crippen LogP) is 3.10. The number of piperidine rings is 1. The number of likely N-dealkylation sites (tertiary alicyclic amines) is 1. The molecule has 1 aliphatic rings. The van der Waals surface area contributed by atoms with E-state index >= 15 is 0 Å². The van der Waals surface area contributed by atoms with Gasteiger partial charge in [0.2, 0.25) is 0 Å². The van der Waals surface area contributed by atoms with Gasteiger partial charge in [-0.25, -0.2) is 4.79 Å². The molecule has 0 aromatic rings. The molecule has 1 fully saturated rings. The van der Waals surface area contributed by atoms with E-state index in [0.717, 1.165) is 12.8 Å². The summed E-state index contributed by atoms with van der Waals surface area (Å²) in [6.45, 7) is 8.15. The number of amides is 2. The van der Waals surface area contributed by atoms with Gasteiger partial charge in [0.25, 0.3) is 0 Å². The Kier molecular flexibility index (Phi) is 6.99. The highest BCUT2D eigenvalue weighted by Gasteiger charge is 2.28. The van der Waals surface area contributed by atoms with Crippen LogP contribution in [-0.4, -0.2) is 41.6 Å². The zero-order valence-electron chi connectivity index (χ0n) is 13.7. The summed E-state index contributed by atoms with van der Waals surface area (Å²) >= 11 is 0. The Hall–Kier alpha value is -1.26. The van der Waals surface area contributed by atoms with Gasteiger partial charge in [0.1, 0.15) is 0 Å². The summed E-state index contributed by atoms with van der Waals surface area (Å²) < 4.78 is 0. The molecule has 0 aliphatic carbocycles. The highest BCUT2D eigenvalue weighted by molar-refractivity contribution is 5.76. The maximum atomic E-state index is 12.2. The van der Waals surface area contributed by atoms with Crippen LogP contribution < -0.4 is 5.32 Å². The monoisotopic (exact) mass is 298 g/mol. The third-order valence-corrected chi connectivity index (χ3v) is 4.23. The van der Waals surface area contributed by atoms with Gasteiger partial charge in [-0.15, -0.1) is 0 Å². The molecule has 5 heteroatoms. The van der Waals surface area contributed by atoms with E-state index in [9.17, 15) is 9.59 Å². The van der Waals surface area contributed by atoms with E-state index in [1.165, 1.54) is 19.3 Å². The van der Waals surface area contributed by atoms with Crippen molar-refractivity contribution >= 4 is 12.0 Å².